The fourth-order valence-electron chi connectivity index (χ4n) is 2.53. The number of methoxy groups -OCH3 is 3. The average molecular weight is 525 g/mol. The smallest absolute Gasteiger partial charge is 0.250 e. The van der Waals surface area contributed by atoms with Gasteiger partial charge < -0.3 is 14.2 Å². The SMILES string of the molecule is COc1cc(OC)c(/C=N/NC(=O)CSc2nnc(SCc3ccc(Cl)cc3)s2)c(OC)c1. The Morgan fingerprint density at radius 1 is 1.06 bits per heavy atom. The predicted octanol–water partition coefficient (Wildman–Crippen LogP) is 4.75. The molecule has 1 heterocycles. The highest BCUT2D eigenvalue weighted by Crippen LogP contribution is 2.33. The van der Waals surface area contributed by atoms with Gasteiger partial charge in [0, 0.05) is 22.9 Å². The molecule has 33 heavy (non-hydrogen) atoms. The van der Waals surface area contributed by atoms with Gasteiger partial charge in [-0.25, -0.2) is 5.43 Å². The summed E-state index contributed by atoms with van der Waals surface area (Å²) in [4.78, 5) is 12.2. The number of thioether (sulfide) groups is 2. The number of rotatable bonds is 11. The molecule has 12 heteroatoms. The molecule has 0 radical (unpaired) electrons. The van der Waals surface area contributed by atoms with Crippen molar-refractivity contribution in [2.75, 3.05) is 27.1 Å². The first-order valence-corrected chi connectivity index (χ1v) is 12.6. The number of hydrogen-bond acceptors (Lipinski definition) is 10. The van der Waals surface area contributed by atoms with Crippen LogP contribution in [0.5, 0.6) is 17.2 Å². The highest BCUT2D eigenvalue weighted by atomic mass is 35.5. The lowest BCUT2D eigenvalue weighted by Crippen LogP contribution is -2.19. The summed E-state index contributed by atoms with van der Waals surface area (Å²) in [6.45, 7) is 0. The Hall–Kier alpha value is -2.47. The number of benzene rings is 2. The molecule has 0 aliphatic heterocycles. The minimum atomic E-state index is -0.270. The molecule has 8 nitrogen and oxygen atoms in total. The van der Waals surface area contributed by atoms with Crippen LogP contribution in [0, 0.1) is 0 Å². The van der Waals surface area contributed by atoms with Gasteiger partial charge in [-0.1, -0.05) is 58.6 Å². The van der Waals surface area contributed by atoms with Gasteiger partial charge in [-0.3, -0.25) is 4.79 Å². The number of aromatic nitrogens is 2. The predicted molar refractivity (Wildman–Crippen MR) is 133 cm³/mol. The maximum absolute atomic E-state index is 12.2. The number of carbonyl (C=O) groups is 1. The molecule has 0 spiro atoms. The zero-order valence-corrected chi connectivity index (χ0v) is 21.2. The van der Waals surface area contributed by atoms with Crippen molar-refractivity contribution in [2.24, 2.45) is 5.10 Å². The highest BCUT2D eigenvalue weighted by Gasteiger charge is 2.12. The van der Waals surface area contributed by atoms with E-state index in [0.717, 1.165) is 15.7 Å². The molecule has 1 aromatic heterocycles. The lowest BCUT2D eigenvalue weighted by atomic mass is 10.2. The van der Waals surface area contributed by atoms with E-state index in [2.05, 4.69) is 20.7 Å². The molecule has 0 fully saturated rings. The van der Waals surface area contributed by atoms with Crippen LogP contribution in [0.25, 0.3) is 0 Å². The fourth-order valence-corrected chi connectivity index (χ4v) is 5.42. The van der Waals surface area contributed by atoms with Crippen molar-refractivity contribution >= 4 is 58.6 Å². The van der Waals surface area contributed by atoms with Crippen molar-refractivity contribution in [1.82, 2.24) is 15.6 Å². The third-order valence-electron chi connectivity index (χ3n) is 4.13. The van der Waals surface area contributed by atoms with Crippen LogP contribution in [0.1, 0.15) is 11.1 Å². The molecule has 0 aliphatic carbocycles. The molecule has 0 unspecified atom stereocenters. The van der Waals surface area contributed by atoms with Crippen molar-refractivity contribution < 1.29 is 19.0 Å². The number of halogens is 1. The summed E-state index contributed by atoms with van der Waals surface area (Å²) in [5.74, 6) is 2.26. The molecule has 0 atom stereocenters. The summed E-state index contributed by atoms with van der Waals surface area (Å²) in [6.07, 6.45) is 1.47. The van der Waals surface area contributed by atoms with E-state index in [1.807, 2.05) is 24.3 Å². The second-order valence-electron chi connectivity index (χ2n) is 6.28. The van der Waals surface area contributed by atoms with Gasteiger partial charge in [0.2, 0.25) is 0 Å². The van der Waals surface area contributed by atoms with Gasteiger partial charge in [0.25, 0.3) is 5.91 Å². The lowest BCUT2D eigenvalue weighted by molar-refractivity contribution is -0.118. The van der Waals surface area contributed by atoms with Gasteiger partial charge in [0.05, 0.1) is 38.9 Å². The number of nitrogens with one attached hydrogen (secondary N) is 1. The van der Waals surface area contributed by atoms with Gasteiger partial charge in [0.15, 0.2) is 8.68 Å². The minimum absolute atomic E-state index is 0.157. The fraction of sp³-hybridized carbons (Fsp3) is 0.238. The molecule has 3 aromatic rings. The molecule has 0 aliphatic rings. The average Bonchev–Trinajstić information content (AvgIpc) is 3.30. The zero-order chi connectivity index (χ0) is 23.6. The van der Waals surface area contributed by atoms with E-state index in [-0.39, 0.29) is 11.7 Å². The Morgan fingerprint density at radius 3 is 2.30 bits per heavy atom. The van der Waals surface area contributed by atoms with E-state index in [4.69, 9.17) is 25.8 Å². The largest absolute Gasteiger partial charge is 0.496 e. The number of hydrazone groups is 1. The van der Waals surface area contributed by atoms with Crippen LogP contribution >= 0.6 is 46.5 Å². The quantitative estimate of drug-likeness (QED) is 0.218. The second-order valence-corrected chi connectivity index (χ2v) is 10.1. The van der Waals surface area contributed by atoms with Crippen LogP contribution in [0.2, 0.25) is 5.02 Å². The summed E-state index contributed by atoms with van der Waals surface area (Å²) >= 11 is 10.2. The zero-order valence-electron chi connectivity index (χ0n) is 18.0. The van der Waals surface area contributed by atoms with Crippen molar-refractivity contribution in [3.63, 3.8) is 0 Å². The van der Waals surface area contributed by atoms with Crippen LogP contribution < -0.4 is 19.6 Å². The maximum atomic E-state index is 12.2. The summed E-state index contributed by atoms with van der Waals surface area (Å²) in [5.41, 5.74) is 4.23. The van der Waals surface area contributed by atoms with Crippen LogP contribution in [0.4, 0.5) is 0 Å². The van der Waals surface area contributed by atoms with E-state index in [0.29, 0.717) is 32.2 Å². The lowest BCUT2D eigenvalue weighted by Gasteiger charge is -2.12. The van der Waals surface area contributed by atoms with Gasteiger partial charge in [-0.2, -0.15) is 5.10 Å². The minimum Gasteiger partial charge on any atom is -0.496 e. The maximum Gasteiger partial charge on any atom is 0.250 e. The van der Waals surface area contributed by atoms with E-state index >= 15 is 0 Å². The highest BCUT2D eigenvalue weighted by molar-refractivity contribution is 8.03. The number of amides is 1. The van der Waals surface area contributed by atoms with Crippen LogP contribution in [0.3, 0.4) is 0 Å². The second kappa shape index (κ2) is 12.7. The Labute approximate surface area is 209 Å². The third kappa shape index (κ3) is 7.53. The number of hydrogen-bond donors (Lipinski definition) is 1. The third-order valence-corrected chi connectivity index (χ3v) is 7.64. The number of ether oxygens (including phenoxy) is 3. The standard InChI is InChI=1S/C21H21ClN4O4S3/c1-28-15-8-17(29-2)16(18(9-15)30-3)10-23-24-19(27)12-32-21-26-25-20(33-21)31-11-13-4-6-14(22)7-5-13/h4-10H,11-12H2,1-3H3,(H,24,27)/b23-10+. The summed E-state index contributed by atoms with van der Waals surface area (Å²) < 4.78 is 17.5. The van der Waals surface area contributed by atoms with Crippen molar-refractivity contribution in [3.05, 3.63) is 52.5 Å². The summed E-state index contributed by atoms with van der Waals surface area (Å²) in [7, 11) is 4.62. The first-order valence-electron chi connectivity index (χ1n) is 9.47. The van der Waals surface area contributed by atoms with Gasteiger partial charge in [0.1, 0.15) is 17.2 Å². The number of nitrogens with zero attached hydrogens (tertiary/aromatic N) is 3. The molecule has 1 N–H and O–H groups in total. The first-order chi connectivity index (χ1) is 16.0. The van der Waals surface area contributed by atoms with Gasteiger partial charge in [-0.15, -0.1) is 10.2 Å². The van der Waals surface area contributed by atoms with Crippen LogP contribution in [-0.4, -0.2) is 49.4 Å². The molecule has 0 bridgehead atoms. The Morgan fingerprint density at radius 2 is 1.70 bits per heavy atom. The van der Waals surface area contributed by atoms with E-state index in [1.54, 1.807) is 31.0 Å². The molecular weight excluding hydrogens is 504 g/mol. The summed E-state index contributed by atoms with van der Waals surface area (Å²) in [5, 5.41) is 13.0. The molecule has 1 amide bonds. The molecular formula is C21H21ClN4O4S3. The summed E-state index contributed by atoms with van der Waals surface area (Å²) in [6, 6.07) is 11.1. The van der Waals surface area contributed by atoms with Crippen molar-refractivity contribution in [1.29, 1.82) is 0 Å². The van der Waals surface area contributed by atoms with Crippen LogP contribution in [0.15, 0.2) is 50.2 Å². The van der Waals surface area contributed by atoms with E-state index in [9.17, 15) is 4.79 Å². The van der Waals surface area contributed by atoms with Crippen molar-refractivity contribution in [2.45, 2.75) is 14.4 Å². The number of carbonyl (C=O) groups excluding carboxylic acids is 1. The Kier molecular flexibility index (Phi) is 9.67. The molecule has 174 valence electrons. The van der Waals surface area contributed by atoms with E-state index in [1.165, 1.54) is 43.5 Å². The van der Waals surface area contributed by atoms with Crippen LogP contribution in [-0.2, 0) is 10.5 Å². The first kappa shape index (κ1) is 25.2. The Balaban J connectivity index is 1.49. The van der Waals surface area contributed by atoms with Gasteiger partial charge in [-0.05, 0) is 17.7 Å². The Bertz CT molecular complexity index is 1080. The topological polar surface area (TPSA) is 94.9 Å². The van der Waals surface area contributed by atoms with Gasteiger partial charge >= 0.3 is 0 Å². The normalized spacial score (nSPS) is 10.9. The monoisotopic (exact) mass is 524 g/mol. The van der Waals surface area contributed by atoms with E-state index < -0.39 is 0 Å². The molecule has 2 aromatic carbocycles. The molecule has 0 saturated heterocycles. The molecule has 0 saturated carbocycles. The van der Waals surface area contributed by atoms with Crippen molar-refractivity contribution in [3.8, 4) is 17.2 Å². The molecule has 3 rings (SSSR count).